The maximum atomic E-state index is 14.9. The molecule has 10 heteroatoms. The highest BCUT2D eigenvalue weighted by molar-refractivity contribution is 8.00. The van der Waals surface area contributed by atoms with Crippen molar-refractivity contribution in [2.45, 2.75) is 63.7 Å². The van der Waals surface area contributed by atoms with Gasteiger partial charge in [-0.2, -0.15) is 0 Å². The van der Waals surface area contributed by atoms with Gasteiger partial charge in [-0.3, -0.25) is 14.4 Å². The number of carbonyl (C=O) groups excluding carboxylic acids is 3. The maximum Gasteiger partial charge on any atom is 0.332 e. The molecule has 0 bridgehead atoms. The van der Waals surface area contributed by atoms with Gasteiger partial charge in [0.2, 0.25) is 5.91 Å². The fraction of sp³-hybridized carbons (Fsp3) is 0.478. The van der Waals surface area contributed by atoms with E-state index in [-0.39, 0.29) is 46.9 Å². The third-order valence-corrected chi connectivity index (χ3v) is 6.54. The van der Waals surface area contributed by atoms with Crippen molar-refractivity contribution in [3.63, 3.8) is 0 Å². The van der Waals surface area contributed by atoms with Gasteiger partial charge in [-0.1, -0.05) is 31.9 Å². The predicted molar refractivity (Wildman–Crippen MR) is 124 cm³/mol. The van der Waals surface area contributed by atoms with Crippen LogP contribution in [0.25, 0.3) is 0 Å². The smallest absolute Gasteiger partial charge is 0.332 e. The van der Waals surface area contributed by atoms with E-state index in [0.717, 1.165) is 30.7 Å². The third-order valence-electron chi connectivity index (χ3n) is 5.09. The molecule has 7 nitrogen and oxygen atoms in total. The fourth-order valence-corrected chi connectivity index (χ4v) is 4.40. The Morgan fingerprint density at radius 3 is 2.42 bits per heavy atom. The number of aliphatic carboxylic acids is 1. The molecule has 1 aliphatic carbocycles. The Bertz CT molecular complexity index is 965. The number of esters is 1. The second-order valence-electron chi connectivity index (χ2n) is 7.45. The number of carboxylic acid groups (broad SMARTS) is 1. The lowest BCUT2D eigenvalue weighted by Gasteiger charge is -2.26. The van der Waals surface area contributed by atoms with Gasteiger partial charge in [0.15, 0.2) is 0 Å². The molecule has 0 unspecified atom stereocenters. The molecule has 1 aromatic rings. The van der Waals surface area contributed by atoms with E-state index >= 15 is 0 Å². The van der Waals surface area contributed by atoms with Gasteiger partial charge in [0.05, 0.1) is 23.1 Å². The summed E-state index contributed by atoms with van der Waals surface area (Å²) in [5.41, 5.74) is -0.390. The monoisotopic (exact) mass is 499 g/mol. The molecule has 33 heavy (non-hydrogen) atoms. The molecular weight excluding hydrogens is 473 g/mol. The lowest BCUT2D eigenvalue weighted by atomic mass is 9.90. The zero-order valence-electron chi connectivity index (χ0n) is 18.6. The summed E-state index contributed by atoms with van der Waals surface area (Å²) in [4.78, 5) is 50.5. The first-order valence-electron chi connectivity index (χ1n) is 10.8. The van der Waals surface area contributed by atoms with Crippen LogP contribution < -0.4 is 4.90 Å². The number of carbonyl (C=O) groups is 4. The van der Waals surface area contributed by atoms with Gasteiger partial charge < -0.3 is 9.84 Å². The summed E-state index contributed by atoms with van der Waals surface area (Å²) in [5, 5.41) is 9.50. The summed E-state index contributed by atoms with van der Waals surface area (Å²) < 4.78 is 20.0. The molecule has 0 aliphatic heterocycles. The number of thioether (sulfide) groups is 1. The Balaban J connectivity index is 2.39. The van der Waals surface area contributed by atoms with Crippen molar-refractivity contribution in [2.75, 3.05) is 17.3 Å². The average Bonchev–Trinajstić information content (AvgIpc) is 2.79. The van der Waals surface area contributed by atoms with E-state index in [0.29, 0.717) is 29.2 Å². The summed E-state index contributed by atoms with van der Waals surface area (Å²) in [5.74, 6) is -4.21. The van der Waals surface area contributed by atoms with Crippen molar-refractivity contribution in [2.24, 2.45) is 0 Å². The highest BCUT2D eigenvalue weighted by Gasteiger charge is 2.32. The maximum absolute atomic E-state index is 14.9. The minimum atomic E-state index is -1.23. The summed E-state index contributed by atoms with van der Waals surface area (Å²) in [7, 11) is 0. The van der Waals surface area contributed by atoms with Crippen LogP contribution in [0.1, 0.15) is 58.8 Å². The van der Waals surface area contributed by atoms with Crippen molar-refractivity contribution >= 4 is 52.8 Å². The van der Waals surface area contributed by atoms with Crippen molar-refractivity contribution in [3.8, 4) is 0 Å². The van der Waals surface area contributed by atoms with Gasteiger partial charge >= 0.3 is 11.9 Å². The molecule has 0 spiro atoms. The van der Waals surface area contributed by atoms with Crippen molar-refractivity contribution in [3.05, 3.63) is 34.1 Å². The first-order valence-corrected chi connectivity index (χ1v) is 12.2. The highest BCUT2D eigenvalue weighted by Crippen LogP contribution is 2.36. The molecule has 0 fully saturated rings. The van der Waals surface area contributed by atoms with Crippen molar-refractivity contribution in [1.82, 2.24) is 0 Å². The van der Waals surface area contributed by atoms with Crippen LogP contribution in [0.5, 0.6) is 0 Å². The molecule has 2 amide bonds. The van der Waals surface area contributed by atoms with Crippen LogP contribution in [0.3, 0.4) is 0 Å². The van der Waals surface area contributed by atoms with Crippen LogP contribution in [0.4, 0.5) is 10.1 Å². The van der Waals surface area contributed by atoms with Crippen LogP contribution in [0.2, 0.25) is 5.02 Å². The number of nitrogens with zero attached hydrogens (tertiary/aromatic N) is 1. The van der Waals surface area contributed by atoms with E-state index in [2.05, 4.69) is 0 Å². The van der Waals surface area contributed by atoms with E-state index in [1.54, 1.807) is 0 Å². The molecule has 1 aromatic carbocycles. The second kappa shape index (κ2) is 12.7. The zero-order valence-corrected chi connectivity index (χ0v) is 20.2. The lowest BCUT2D eigenvalue weighted by Crippen LogP contribution is -2.39. The van der Waals surface area contributed by atoms with Crippen LogP contribution in [0, 0.1) is 5.82 Å². The zero-order chi connectivity index (χ0) is 24.5. The number of unbranched alkanes of at least 4 members (excludes halogenated alkanes) is 1. The second-order valence-corrected chi connectivity index (χ2v) is 8.88. The number of ether oxygens (including phenoxy) is 1. The van der Waals surface area contributed by atoms with Crippen LogP contribution >= 0.6 is 23.4 Å². The fourth-order valence-electron chi connectivity index (χ4n) is 3.34. The molecule has 0 aromatic heterocycles. The summed E-state index contributed by atoms with van der Waals surface area (Å²) in [6.07, 6.45) is 3.12. The number of amides is 2. The van der Waals surface area contributed by atoms with E-state index in [1.807, 2.05) is 6.92 Å². The SMILES string of the molecule is CCCCOC(=O)CSc1cc(N(C(=O)CC)C(=O)C2=C(C(=O)O)CCCC2)c(F)cc1Cl. The van der Waals surface area contributed by atoms with Gasteiger partial charge in [0.1, 0.15) is 5.82 Å². The Morgan fingerprint density at radius 2 is 1.82 bits per heavy atom. The molecule has 2 rings (SSSR count). The first kappa shape index (κ1) is 26.9. The van der Waals surface area contributed by atoms with E-state index in [9.17, 15) is 28.7 Å². The van der Waals surface area contributed by atoms with Gasteiger partial charge in [-0.15, -0.1) is 11.8 Å². The molecule has 180 valence electrons. The van der Waals surface area contributed by atoms with Gasteiger partial charge in [-0.05, 0) is 44.2 Å². The summed E-state index contributed by atoms with van der Waals surface area (Å²) >= 11 is 7.13. The molecule has 1 N–H and O–H groups in total. The van der Waals surface area contributed by atoms with Crippen LogP contribution in [-0.2, 0) is 23.9 Å². The predicted octanol–water partition coefficient (Wildman–Crippen LogP) is 5.14. The third kappa shape index (κ3) is 7.04. The van der Waals surface area contributed by atoms with E-state index in [4.69, 9.17) is 16.3 Å². The number of imide groups is 1. The number of rotatable bonds is 10. The van der Waals surface area contributed by atoms with Crippen molar-refractivity contribution in [1.29, 1.82) is 0 Å². The van der Waals surface area contributed by atoms with Gasteiger partial charge in [-0.25, -0.2) is 14.1 Å². The Morgan fingerprint density at radius 1 is 1.15 bits per heavy atom. The molecule has 0 heterocycles. The molecule has 0 saturated heterocycles. The Hall–Kier alpha value is -2.39. The average molecular weight is 500 g/mol. The normalized spacial score (nSPS) is 13.6. The molecule has 0 radical (unpaired) electrons. The first-order chi connectivity index (χ1) is 15.7. The van der Waals surface area contributed by atoms with E-state index in [1.165, 1.54) is 13.0 Å². The topological polar surface area (TPSA) is 101 Å². The van der Waals surface area contributed by atoms with Gasteiger partial charge in [0.25, 0.3) is 5.91 Å². The standard InChI is InChI=1S/C23H27ClFNO6S/c1-3-5-10-32-21(28)13-33-19-12-18(17(25)11-16(19)24)26(20(27)4-2)22(29)14-8-6-7-9-15(14)23(30)31/h11-12H,3-10,13H2,1-2H3,(H,30,31). The van der Waals surface area contributed by atoms with Crippen LogP contribution in [-0.4, -0.2) is 41.2 Å². The number of carboxylic acids is 1. The van der Waals surface area contributed by atoms with E-state index < -0.39 is 29.6 Å². The molecular formula is C23H27ClFNO6S. The molecule has 1 aliphatic rings. The number of anilines is 1. The summed E-state index contributed by atoms with van der Waals surface area (Å²) in [6.45, 7) is 3.79. The minimum absolute atomic E-state index is 0.00129. The number of benzene rings is 1. The minimum Gasteiger partial charge on any atom is -0.478 e. The molecule has 0 saturated carbocycles. The molecule has 0 atom stereocenters. The Kier molecular flexibility index (Phi) is 10.4. The van der Waals surface area contributed by atoms with Crippen molar-refractivity contribution < 1.29 is 33.4 Å². The number of hydrogen-bond acceptors (Lipinski definition) is 6. The van der Waals surface area contributed by atoms with Crippen LogP contribution in [0.15, 0.2) is 28.2 Å². The highest BCUT2D eigenvalue weighted by atomic mass is 35.5. The lowest BCUT2D eigenvalue weighted by molar-refractivity contribution is -0.140. The number of hydrogen-bond donors (Lipinski definition) is 1. The summed E-state index contributed by atoms with van der Waals surface area (Å²) in [6, 6.07) is 2.20. The quantitative estimate of drug-likeness (QED) is 0.270. The largest absolute Gasteiger partial charge is 0.478 e. The Labute approximate surface area is 201 Å². The number of halogens is 2. The van der Waals surface area contributed by atoms with Gasteiger partial charge in [0, 0.05) is 22.5 Å².